The molecule has 0 rings (SSSR count). The van der Waals surface area contributed by atoms with Crippen molar-refractivity contribution in [1.82, 2.24) is 0 Å². The van der Waals surface area contributed by atoms with Crippen molar-refractivity contribution in [1.29, 1.82) is 0 Å². The smallest absolute Gasteiger partial charge is 0.172 e. The Morgan fingerprint density at radius 2 is 0.812 bits per heavy atom. The van der Waals surface area contributed by atoms with Gasteiger partial charge in [0.15, 0.2) is 16.6 Å². The zero-order valence-electron chi connectivity index (χ0n) is 10.9. The second-order valence-electron chi connectivity index (χ2n) is 4.81. The summed E-state index contributed by atoms with van der Waals surface area (Å²) in [7, 11) is -1.78. The van der Waals surface area contributed by atoms with Gasteiger partial charge in [0, 0.05) is 17.8 Å². The molecule has 0 aliphatic rings. The Bertz CT molecular complexity index is 245. The van der Waals surface area contributed by atoms with Gasteiger partial charge in [-0.2, -0.15) is 0 Å². The van der Waals surface area contributed by atoms with E-state index in [-0.39, 0.29) is 34.3 Å². The molecule has 0 aliphatic carbocycles. The first-order valence-electron chi connectivity index (χ1n) is 5.61. The lowest BCUT2D eigenvalue weighted by Gasteiger charge is -2.19. The summed E-state index contributed by atoms with van der Waals surface area (Å²) < 4.78 is 0. The predicted octanol–water partition coefficient (Wildman–Crippen LogP) is 3.02. The van der Waals surface area contributed by atoms with Crippen molar-refractivity contribution in [2.75, 3.05) is 0 Å². The lowest BCUT2D eigenvalue weighted by molar-refractivity contribution is -0.119. The van der Waals surface area contributed by atoms with E-state index in [1.54, 1.807) is 41.5 Å². The number of hydrogen-bond donors (Lipinski definition) is 0. The molecule has 0 aromatic rings. The summed E-state index contributed by atoms with van der Waals surface area (Å²) in [5, 5.41) is 0. The lowest BCUT2D eigenvalue weighted by atomic mass is 10.2. The number of rotatable bonds is 6. The summed E-state index contributed by atoms with van der Waals surface area (Å²) in [6.45, 7) is 10.4. The van der Waals surface area contributed by atoms with Crippen molar-refractivity contribution >= 4 is 24.5 Å². The SMILES string of the molecule is CC(C)C(=O)P(C(=O)C(C)C)C(=O)C(C)C. The van der Waals surface area contributed by atoms with E-state index in [4.69, 9.17) is 0 Å². The van der Waals surface area contributed by atoms with Crippen molar-refractivity contribution in [3.05, 3.63) is 0 Å². The van der Waals surface area contributed by atoms with E-state index >= 15 is 0 Å². The van der Waals surface area contributed by atoms with Crippen LogP contribution in [0.15, 0.2) is 0 Å². The van der Waals surface area contributed by atoms with Crippen LogP contribution in [0.3, 0.4) is 0 Å². The second-order valence-corrected chi connectivity index (χ2v) is 6.81. The Morgan fingerprint density at radius 3 is 0.938 bits per heavy atom. The molecule has 0 aromatic heterocycles. The van der Waals surface area contributed by atoms with Gasteiger partial charge in [0.25, 0.3) is 0 Å². The summed E-state index contributed by atoms with van der Waals surface area (Å²) in [5.74, 6) is -0.760. The fraction of sp³-hybridized carbons (Fsp3) is 0.750. The van der Waals surface area contributed by atoms with Gasteiger partial charge >= 0.3 is 0 Å². The van der Waals surface area contributed by atoms with Crippen molar-refractivity contribution in [3.8, 4) is 0 Å². The van der Waals surface area contributed by atoms with E-state index in [9.17, 15) is 14.4 Å². The molecule has 92 valence electrons. The van der Waals surface area contributed by atoms with Gasteiger partial charge in [0.2, 0.25) is 0 Å². The number of hydrogen-bond acceptors (Lipinski definition) is 3. The molecular weight excluding hydrogens is 223 g/mol. The molecule has 0 unspecified atom stereocenters. The summed E-state index contributed by atoms with van der Waals surface area (Å²) in [4.78, 5) is 35.8. The van der Waals surface area contributed by atoms with E-state index < -0.39 is 7.92 Å². The highest BCUT2D eigenvalue weighted by Gasteiger charge is 2.36. The van der Waals surface area contributed by atoms with Gasteiger partial charge in [-0.05, 0) is 0 Å². The molecule has 0 heterocycles. The Morgan fingerprint density at radius 1 is 0.625 bits per heavy atom. The van der Waals surface area contributed by atoms with Gasteiger partial charge in [-0.25, -0.2) is 0 Å². The molecule has 0 aliphatic heterocycles. The molecule has 0 aromatic carbocycles. The van der Waals surface area contributed by atoms with Crippen molar-refractivity contribution in [3.63, 3.8) is 0 Å². The van der Waals surface area contributed by atoms with Crippen LogP contribution in [0.1, 0.15) is 41.5 Å². The zero-order valence-corrected chi connectivity index (χ0v) is 11.8. The molecular formula is C12H21O3P. The number of carbonyl (C=O) groups is 3. The standard InChI is InChI=1S/C12H21O3P/c1-7(2)10(13)16(11(14)8(3)4)12(15)9(5)6/h7-9H,1-6H3. The Kier molecular flexibility index (Phi) is 6.02. The highest BCUT2D eigenvalue weighted by atomic mass is 31.1. The maximum Gasteiger partial charge on any atom is 0.172 e. The van der Waals surface area contributed by atoms with E-state index in [0.717, 1.165) is 0 Å². The average molecular weight is 244 g/mol. The first-order valence-corrected chi connectivity index (χ1v) is 6.95. The monoisotopic (exact) mass is 244 g/mol. The molecule has 0 saturated heterocycles. The van der Waals surface area contributed by atoms with Crippen LogP contribution in [0, 0.1) is 17.8 Å². The van der Waals surface area contributed by atoms with Gasteiger partial charge in [0.05, 0.1) is 0 Å². The maximum absolute atomic E-state index is 11.9. The molecule has 0 spiro atoms. The van der Waals surface area contributed by atoms with Crippen LogP contribution >= 0.6 is 7.92 Å². The fourth-order valence-electron chi connectivity index (χ4n) is 1.10. The Labute approximate surface area is 98.7 Å². The predicted molar refractivity (Wildman–Crippen MR) is 66.5 cm³/mol. The molecule has 16 heavy (non-hydrogen) atoms. The van der Waals surface area contributed by atoms with Gasteiger partial charge < -0.3 is 0 Å². The molecule has 0 saturated carbocycles. The second kappa shape index (κ2) is 6.24. The largest absolute Gasteiger partial charge is 0.293 e. The van der Waals surface area contributed by atoms with Gasteiger partial charge in [-0.1, -0.05) is 41.5 Å². The van der Waals surface area contributed by atoms with Gasteiger partial charge in [0.1, 0.15) is 7.92 Å². The molecule has 0 atom stereocenters. The topological polar surface area (TPSA) is 51.2 Å². The van der Waals surface area contributed by atoms with Crippen LogP contribution in [0.5, 0.6) is 0 Å². The first-order chi connectivity index (χ1) is 7.20. The Hall–Kier alpha value is -0.560. The molecule has 0 N–H and O–H groups in total. The summed E-state index contributed by atoms with van der Waals surface area (Å²) in [6, 6.07) is 0. The van der Waals surface area contributed by atoms with Crippen molar-refractivity contribution in [2.45, 2.75) is 41.5 Å². The van der Waals surface area contributed by atoms with Crippen LogP contribution in [0.2, 0.25) is 0 Å². The van der Waals surface area contributed by atoms with Gasteiger partial charge in [-0.15, -0.1) is 0 Å². The highest BCUT2D eigenvalue weighted by Crippen LogP contribution is 2.45. The quantitative estimate of drug-likeness (QED) is 0.675. The minimum Gasteiger partial charge on any atom is -0.293 e. The molecule has 0 fully saturated rings. The number of carbonyl (C=O) groups excluding carboxylic acids is 3. The summed E-state index contributed by atoms with van der Waals surface area (Å²) >= 11 is 0. The van der Waals surface area contributed by atoms with Crippen LogP contribution in [0.4, 0.5) is 0 Å². The van der Waals surface area contributed by atoms with E-state index in [2.05, 4.69) is 0 Å². The lowest BCUT2D eigenvalue weighted by Crippen LogP contribution is -2.22. The minimum atomic E-state index is -1.78. The Balaban J connectivity index is 5.14. The van der Waals surface area contributed by atoms with Gasteiger partial charge in [-0.3, -0.25) is 14.4 Å². The molecule has 0 amide bonds. The van der Waals surface area contributed by atoms with Crippen LogP contribution in [-0.4, -0.2) is 16.6 Å². The highest BCUT2D eigenvalue weighted by molar-refractivity contribution is 8.01. The van der Waals surface area contributed by atoms with Crippen LogP contribution in [-0.2, 0) is 14.4 Å². The molecule has 3 nitrogen and oxygen atoms in total. The van der Waals surface area contributed by atoms with Crippen molar-refractivity contribution < 1.29 is 14.4 Å². The first kappa shape index (κ1) is 15.4. The fourth-order valence-corrected chi connectivity index (χ4v) is 3.30. The summed E-state index contributed by atoms with van der Waals surface area (Å²) in [5.41, 5.74) is -0.563. The molecule has 0 radical (unpaired) electrons. The third-order valence-electron chi connectivity index (χ3n) is 2.14. The zero-order chi connectivity index (χ0) is 13.0. The average Bonchev–Trinajstić information content (AvgIpc) is 2.16. The third-order valence-corrected chi connectivity index (χ3v) is 5.01. The molecule has 0 bridgehead atoms. The van der Waals surface area contributed by atoms with Crippen LogP contribution in [0.25, 0.3) is 0 Å². The van der Waals surface area contributed by atoms with Crippen molar-refractivity contribution in [2.24, 2.45) is 17.8 Å². The van der Waals surface area contributed by atoms with Crippen LogP contribution < -0.4 is 0 Å². The normalized spacial score (nSPS) is 11.6. The molecule has 4 heteroatoms. The third kappa shape index (κ3) is 3.79. The maximum atomic E-state index is 11.9. The summed E-state index contributed by atoms with van der Waals surface area (Å²) in [6.07, 6.45) is 0. The van der Waals surface area contributed by atoms with E-state index in [0.29, 0.717) is 0 Å². The van der Waals surface area contributed by atoms with E-state index in [1.165, 1.54) is 0 Å². The minimum absolute atomic E-state index is 0.188. The van der Waals surface area contributed by atoms with E-state index in [1.807, 2.05) is 0 Å².